The lowest BCUT2D eigenvalue weighted by Gasteiger charge is -2.08. The molecule has 0 bridgehead atoms. The average molecular weight is 194 g/mol. The second-order valence-corrected chi connectivity index (χ2v) is 2.48. The van der Waals surface area contributed by atoms with E-state index in [-0.39, 0.29) is 0 Å². The van der Waals surface area contributed by atoms with E-state index in [0.29, 0.717) is 0 Å². The monoisotopic (exact) mass is 194 g/mol. The molecule has 8 heteroatoms. The van der Waals surface area contributed by atoms with E-state index in [0.717, 1.165) is 0 Å². The van der Waals surface area contributed by atoms with Gasteiger partial charge >= 0.3 is 0 Å². The summed E-state index contributed by atoms with van der Waals surface area (Å²) in [5.74, 6) is 0. The SMILES string of the molecule is O=[N+]([O-])C(CO)CC(CO)[N+](=O)[O-]. The molecule has 2 unspecified atom stereocenters. The van der Waals surface area contributed by atoms with Gasteiger partial charge in [0.05, 0.1) is 6.42 Å². The van der Waals surface area contributed by atoms with Crippen LogP contribution in [-0.2, 0) is 0 Å². The fourth-order valence-electron chi connectivity index (χ4n) is 0.769. The Kier molecular flexibility index (Phi) is 4.85. The Morgan fingerprint density at radius 1 is 1.00 bits per heavy atom. The van der Waals surface area contributed by atoms with Crippen LogP contribution in [-0.4, -0.2) is 45.4 Å². The van der Waals surface area contributed by atoms with Crippen LogP contribution >= 0.6 is 0 Å². The van der Waals surface area contributed by atoms with E-state index in [9.17, 15) is 20.2 Å². The van der Waals surface area contributed by atoms with E-state index < -0.39 is 41.6 Å². The molecule has 0 aliphatic carbocycles. The molecular weight excluding hydrogens is 184 g/mol. The first-order chi connectivity index (χ1) is 6.02. The number of rotatable bonds is 6. The molecule has 0 saturated heterocycles. The van der Waals surface area contributed by atoms with Gasteiger partial charge in [0.25, 0.3) is 0 Å². The predicted octanol–water partition coefficient (Wildman–Crippen LogP) is -1.35. The zero-order valence-corrected chi connectivity index (χ0v) is 6.70. The zero-order valence-electron chi connectivity index (χ0n) is 6.70. The number of nitro groups is 2. The summed E-state index contributed by atoms with van der Waals surface area (Å²) >= 11 is 0. The Morgan fingerprint density at radius 2 is 1.31 bits per heavy atom. The number of nitrogens with zero attached hydrogens (tertiary/aromatic N) is 2. The van der Waals surface area contributed by atoms with E-state index >= 15 is 0 Å². The lowest BCUT2D eigenvalue weighted by molar-refractivity contribution is -0.563. The van der Waals surface area contributed by atoms with Crippen LogP contribution in [0.5, 0.6) is 0 Å². The highest BCUT2D eigenvalue weighted by Crippen LogP contribution is 2.04. The molecule has 76 valence electrons. The van der Waals surface area contributed by atoms with Crippen molar-refractivity contribution in [2.45, 2.75) is 18.5 Å². The van der Waals surface area contributed by atoms with E-state index in [2.05, 4.69) is 0 Å². The summed E-state index contributed by atoms with van der Waals surface area (Å²) in [4.78, 5) is 18.7. The molecule has 0 spiro atoms. The van der Waals surface area contributed by atoms with Crippen LogP contribution in [0.3, 0.4) is 0 Å². The topological polar surface area (TPSA) is 127 Å². The van der Waals surface area contributed by atoms with Crippen molar-refractivity contribution >= 4 is 0 Å². The van der Waals surface area contributed by atoms with Gasteiger partial charge in [0.1, 0.15) is 13.2 Å². The molecule has 2 N–H and O–H groups in total. The molecule has 0 radical (unpaired) electrons. The standard InChI is InChI=1S/C5H10N2O6/c8-2-4(6(10)11)1-5(3-9)7(12)13/h4-5,8-9H,1-3H2. The van der Waals surface area contributed by atoms with Crippen LogP contribution in [0.15, 0.2) is 0 Å². The molecule has 0 aromatic heterocycles. The molecule has 0 rings (SSSR count). The quantitative estimate of drug-likeness (QED) is 0.397. The van der Waals surface area contributed by atoms with E-state index in [1.54, 1.807) is 0 Å². The molecule has 0 aromatic carbocycles. The summed E-state index contributed by atoms with van der Waals surface area (Å²) < 4.78 is 0. The minimum Gasteiger partial charge on any atom is -0.389 e. The van der Waals surface area contributed by atoms with E-state index in [1.807, 2.05) is 0 Å². The van der Waals surface area contributed by atoms with Crippen LogP contribution in [0.1, 0.15) is 6.42 Å². The van der Waals surface area contributed by atoms with Gasteiger partial charge in [0.15, 0.2) is 0 Å². The predicted molar refractivity (Wildman–Crippen MR) is 40.4 cm³/mol. The third-order valence-corrected chi connectivity index (χ3v) is 1.56. The Labute approximate surface area is 73.1 Å². The minimum absolute atomic E-state index is 0.465. The summed E-state index contributed by atoms with van der Waals surface area (Å²) in [6.07, 6.45) is -0.465. The molecule has 0 saturated carbocycles. The summed E-state index contributed by atoms with van der Waals surface area (Å²) in [6, 6.07) is -2.77. The number of aliphatic hydroxyl groups excluding tert-OH is 2. The molecule has 0 heterocycles. The van der Waals surface area contributed by atoms with Crippen molar-refractivity contribution in [2.75, 3.05) is 13.2 Å². The minimum atomic E-state index is -1.39. The first kappa shape index (κ1) is 11.7. The van der Waals surface area contributed by atoms with Gasteiger partial charge in [-0.05, 0) is 0 Å². The van der Waals surface area contributed by atoms with Crippen molar-refractivity contribution in [3.63, 3.8) is 0 Å². The molecule has 13 heavy (non-hydrogen) atoms. The fraction of sp³-hybridized carbons (Fsp3) is 1.00. The van der Waals surface area contributed by atoms with Gasteiger partial charge in [0, 0.05) is 9.85 Å². The van der Waals surface area contributed by atoms with E-state index in [4.69, 9.17) is 10.2 Å². The maximum Gasteiger partial charge on any atom is 0.242 e. The molecule has 0 aromatic rings. The van der Waals surface area contributed by atoms with Crippen LogP contribution in [0.25, 0.3) is 0 Å². The second-order valence-electron chi connectivity index (χ2n) is 2.48. The lowest BCUT2D eigenvalue weighted by atomic mass is 10.1. The molecule has 0 aliphatic heterocycles. The summed E-state index contributed by atoms with van der Waals surface area (Å²) in [6.45, 7) is -1.53. The summed E-state index contributed by atoms with van der Waals surface area (Å²) in [5, 5.41) is 37.2. The first-order valence-electron chi connectivity index (χ1n) is 3.51. The Bertz CT molecular complexity index is 175. The fourth-order valence-corrected chi connectivity index (χ4v) is 0.769. The summed E-state index contributed by atoms with van der Waals surface area (Å²) in [7, 11) is 0. The van der Waals surface area contributed by atoms with Gasteiger partial charge in [-0.3, -0.25) is 20.2 Å². The molecule has 8 nitrogen and oxygen atoms in total. The van der Waals surface area contributed by atoms with Crippen molar-refractivity contribution in [3.8, 4) is 0 Å². The maximum absolute atomic E-state index is 10.1. The van der Waals surface area contributed by atoms with Crippen molar-refractivity contribution in [1.29, 1.82) is 0 Å². The van der Waals surface area contributed by atoms with Crippen molar-refractivity contribution < 1.29 is 20.1 Å². The normalized spacial score (nSPS) is 14.9. The lowest BCUT2D eigenvalue weighted by Crippen LogP contribution is -2.34. The zero-order chi connectivity index (χ0) is 10.4. The van der Waals surface area contributed by atoms with Crippen LogP contribution in [0.2, 0.25) is 0 Å². The highest BCUT2D eigenvalue weighted by atomic mass is 16.6. The maximum atomic E-state index is 10.1. The van der Waals surface area contributed by atoms with Gasteiger partial charge in [-0.25, -0.2) is 0 Å². The highest BCUT2D eigenvalue weighted by molar-refractivity contribution is 4.62. The van der Waals surface area contributed by atoms with Crippen LogP contribution in [0.4, 0.5) is 0 Å². The van der Waals surface area contributed by atoms with Gasteiger partial charge in [-0.2, -0.15) is 0 Å². The van der Waals surface area contributed by atoms with Gasteiger partial charge in [0.2, 0.25) is 12.1 Å². The molecule has 0 aliphatic rings. The Balaban J connectivity index is 4.19. The van der Waals surface area contributed by atoms with Crippen LogP contribution in [0, 0.1) is 20.2 Å². The van der Waals surface area contributed by atoms with Crippen LogP contribution < -0.4 is 0 Å². The Hall–Kier alpha value is -1.28. The molecule has 0 fully saturated rings. The van der Waals surface area contributed by atoms with Crippen molar-refractivity contribution in [3.05, 3.63) is 20.2 Å². The molecule has 0 amide bonds. The number of hydrogen-bond donors (Lipinski definition) is 2. The van der Waals surface area contributed by atoms with Crippen molar-refractivity contribution in [1.82, 2.24) is 0 Å². The van der Waals surface area contributed by atoms with E-state index in [1.165, 1.54) is 0 Å². The second kappa shape index (κ2) is 5.38. The smallest absolute Gasteiger partial charge is 0.242 e. The largest absolute Gasteiger partial charge is 0.389 e. The third kappa shape index (κ3) is 3.76. The number of aliphatic hydroxyl groups is 2. The average Bonchev–Trinajstić information content (AvgIpc) is 2.05. The van der Waals surface area contributed by atoms with Gasteiger partial charge in [-0.1, -0.05) is 0 Å². The number of hydrogen-bond acceptors (Lipinski definition) is 6. The molecular formula is C5H10N2O6. The molecule has 2 atom stereocenters. The third-order valence-electron chi connectivity index (χ3n) is 1.56. The summed E-state index contributed by atoms with van der Waals surface area (Å²) in [5.41, 5.74) is 0. The van der Waals surface area contributed by atoms with Crippen molar-refractivity contribution in [2.24, 2.45) is 0 Å². The van der Waals surface area contributed by atoms with Gasteiger partial charge < -0.3 is 10.2 Å². The highest BCUT2D eigenvalue weighted by Gasteiger charge is 2.30. The first-order valence-corrected chi connectivity index (χ1v) is 3.51. The van der Waals surface area contributed by atoms with Gasteiger partial charge in [-0.15, -0.1) is 0 Å². The Morgan fingerprint density at radius 3 is 1.46 bits per heavy atom.